The molecule has 6 nitrogen and oxygen atoms in total. The van der Waals surface area contributed by atoms with E-state index in [9.17, 15) is 9.59 Å². The SMILES string of the molecule is C=CCOc1ccc2c(NC(N)=O)c(C(=O)C3CC3)oc2c1. The van der Waals surface area contributed by atoms with E-state index < -0.39 is 6.03 Å². The van der Waals surface area contributed by atoms with Gasteiger partial charge in [0.1, 0.15) is 23.6 Å². The van der Waals surface area contributed by atoms with E-state index in [-0.39, 0.29) is 17.5 Å². The molecular formula is C16H16N2O4. The monoisotopic (exact) mass is 300 g/mol. The molecule has 0 radical (unpaired) electrons. The van der Waals surface area contributed by atoms with Gasteiger partial charge in [-0.15, -0.1) is 0 Å². The predicted molar refractivity (Wildman–Crippen MR) is 82.2 cm³/mol. The lowest BCUT2D eigenvalue weighted by molar-refractivity contribution is 0.0943. The molecule has 2 amide bonds. The van der Waals surface area contributed by atoms with Gasteiger partial charge in [0.05, 0.1) is 0 Å². The molecule has 0 bridgehead atoms. The number of rotatable bonds is 6. The maximum Gasteiger partial charge on any atom is 0.316 e. The van der Waals surface area contributed by atoms with Crippen LogP contribution in [0.25, 0.3) is 11.0 Å². The van der Waals surface area contributed by atoms with E-state index in [1.54, 1.807) is 24.3 Å². The highest BCUT2D eigenvalue weighted by atomic mass is 16.5. The molecule has 0 saturated heterocycles. The lowest BCUT2D eigenvalue weighted by Crippen LogP contribution is -2.20. The van der Waals surface area contributed by atoms with Crippen LogP contribution in [0.2, 0.25) is 0 Å². The highest BCUT2D eigenvalue weighted by molar-refractivity contribution is 6.12. The number of primary amides is 1. The van der Waals surface area contributed by atoms with E-state index in [0.29, 0.717) is 29.0 Å². The van der Waals surface area contributed by atoms with Crippen LogP contribution in [-0.4, -0.2) is 18.4 Å². The van der Waals surface area contributed by atoms with E-state index >= 15 is 0 Å². The summed E-state index contributed by atoms with van der Waals surface area (Å²) in [6.07, 6.45) is 3.33. The molecule has 1 aliphatic carbocycles. The van der Waals surface area contributed by atoms with E-state index in [0.717, 1.165) is 12.8 Å². The fraction of sp³-hybridized carbons (Fsp3) is 0.250. The van der Waals surface area contributed by atoms with Crippen molar-refractivity contribution in [3.8, 4) is 5.75 Å². The molecule has 6 heteroatoms. The molecule has 0 aliphatic heterocycles. The molecule has 3 N–H and O–H groups in total. The van der Waals surface area contributed by atoms with Crippen LogP contribution in [0.4, 0.5) is 10.5 Å². The predicted octanol–water partition coefficient (Wildman–Crippen LogP) is 3.08. The fourth-order valence-electron chi connectivity index (χ4n) is 2.27. The number of ether oxygens (including phenoxy) is 1. The number of carbonyl (C=O) groups is 2. The number of furan rings is 1. The molecule has 1 aromatic carbocycles. The van der Waals surface area contributed by atoms with Gasteiger partial charge in [-0.05, 0) is 25.0 Å². The molecule has 1 aliphatic rings. The Balaban J connectivity index is 2.05. The van der Waals surface area contributed by atoms with Crippen LogP contribution in [0.5, 0.6) is 5.75 Å². The van der Waals surface area contributed by atoms with Gasteiger partial charge in [0.2, 0.25) is 5.78 Å². The van der Waals surface area contributed by atoms with Crippen molar-refractivity contribution in [1.82, 2.24) is 0 Å². The summed E-state index contributed by atoms with van der Waals surface area (Å²) in [6, 6.07) is 4.40. The molecular weight excluding hydrogens is 284 g/mol. The summed E-state index contributed by atoms with van der Waals surface area (Å²) in [6.45, 7) is 3.95. The number of nitrogens with two attached hydrogens (primary N) is 1. The van der Waals surface area contributed by atoms with Gasteiger partial charge >= 0.3 is 6.03 Å². The molecule has 114 valence electrons. The number of fused-ring (bicyclic) bond motifs is 1. The van der Waals surface area contributed by atoms with Crippen LogP contribution in [-0.2, 0) is 0 Å². The van der Waals surface area contributed by atoms with E-state index in [2.05, 4.69) is 11.9 Å². The van der Waals surface area contributed by atoms with Gasteiger partial charge in [-0.2, -0.15) is 0 Å². The Bertz CT molecular complexity index is 759. The standard InChI is InChI=1S/C16H16N2O4/c1-2-7-21-10-5-6-11-12(8-10)22-15(13(11)18-16(17)20)14(19)9-3-4-9/h2,5-6,8-9H,1,3-4,7H2,(H3,17,18,20). The summed E-state index contributed by atoms with van der Waals surface area (Å²) in [4.78, 5) is 23.5. The minimum absolute atomic E-state index is 0.0227. The van der Waals surface area contributed by atoms with Crippen molar-refractivity contribution in [1.29, 1.82) is 0 Å². The Kier molecular flexibility index (Phi) is 3.58. The zero-order valence-corrected chi connectivity index (χ0v) is 11.9. The van der Waals surface area contributed by atoms with Crippen molar-refractivity contribution in [3.63, 3.8) is 0 Å². The summed E-state index contributed by atoms with van der Waals surface area (Å²) in [5.74, 6) is 0.619. The van der Waals surface area contributed by atoms with E-state index in [1.165, 1.54) is 0 Å². The zero-order chi connectivity index (χ0) is 15.7. The molecule has 3 rings (SSSR count). The molecule has 1 fully saturated rings. The third kappa shape index (κ3) is 2.67. The van der Waals surface area contributed by atoms with Crippen molar-refractivity contribution in [2.45, 2.75) is 12.8 Å². The molecule has 1 saturated carbocycles. The molecule has 0 atom stereocenters. The first-order valence-electron chi connectivity index (χ1n) is 7.01. The average Bonchev–Trinajstić information content (AvgIpc) is 3.28. The summed E-state index contributed by atoms with van der Waals surface area (Å²) < 4.78 is 11.1. The van der Waals surface area contributed by atoms with Crippen LogP contribution in [0.3, 0.4) is 0 Å². The second-order valence-electron chi connectivity index (χ2n) is 5.19. The Morgan fingerprint density at radius 2 is 2.23 bits per heavy atom. The summed E-state index contributed by atoms with van der Waals surface area (Å²) >= 11 is 0. The number of urea groups is 1. The van der Waals surface area contributed by atoms with Crippen molar-refractivity contribution < 1.29 is 18.7 Å². The van der Waals surface area contributed by atoms with Crippen molar-refractivity contribution in [2.75, 3.05) is 11.9 Å². The first kappa shape index (κ1) is 14.2. The molecule has 0 spiro atoms. The Labute approximate surface area is 126 Å². The van der Waals surface area contributed by atoms with Gasteiger partial charge in [-0.3, -0.25) is 4.79 Å². The lowest BCUT2D eigenvalue weighted by atomic mass is 10.1. The van der Waals surface area contributed by atoms with Crippen molar-refractivity contribution in [2.24, 2.45) is 11.7 Å². The largest absolute Gasteiger partial charge is 0.489 e. The fourth-order valence-corrected chi connectivity index (χ4v) is 2.27. The number of Topliss-reactive ketones (excluding diaryl/α,β-unsaturated/α-hetero) is 1. The number of anilines is 1. The second-order valence-corrected chi connectivity index (χ2v) is 5.19. The maximum atomic E-state index is 12.3. The quantitative estimate of drug-likeness (QED) is 0.633. The number of hydrogen-bond acceptors (Lipinski definition) is 4. The third-order valence-electron chi connectivity index (χ3n) is 3.45. The second kappa shape index (κ2) is 5.55. The summed E-state index contributed by atoms with van der Waals surface area (Å²) in [5.41, 5.74) is 5.99. The lowest BCUT2D eigenvalue weighted by Gasteiger charge is -2.03. The van der Waals surface area contributed by atoms with E-state index in [4.69, 9.17) is 14.9 Å². The first-order valence-corrected chi connectivity index (χ1v) is 7.01. The number of ketones is 1. The maximum absolute atomic E-state index is 12.3. The number of nitrogens with one attached hydrogen (secondary N) is 1. The minimum atomic E-state index is -0.737. The van der Waals surface area contributed by atoms with Gasteiger partial charge in [0.15, 0.2) is 5.76 Å². The van der Waals surface area contributed by atoms with Crippen LogP contribution in [0, 0.1) is 5.92 Å². The molecule has 1 aromatic heterocycles. The Hall–Kier alpha value is -2.76. The number of amides is 2. The van der Waals surface area contributed by atoms with Crippen molar-refractivity contribution >= 4 is 28.5 Å². The highest BCUT2D eigenvalue weighted by Gasteiger charge is 2.35. The van der Waals surface area contributed by atoms with Gasteiger partial charge < -0.3 is 20.2 Å². The Morgan fingerprint density at radius 1 is 1.45 bits per heavy atom. The topological polar surface area (TPSA) is 94.6 Å². The number of carbonyl (C=O) groups excluding carboxylic acids is 2. The van der Waals surface area contributed by atoms with Crippen LogP contribution in [0.15, 0.2) is 35.3 Å². The van der Waals surface area contributed by atoms with Gasteiger partial charge in [0.25, 0.3) is 0 Å². The molecule has 22 heavy (non-hydrogen) atoms. The number of hydrogen-bond donors (Lipinski definition) is 2. The van der Waals surface area contributed by atoms with Crippen LogP contribution < -0.4 is 15.8 Å². The summed E-state index contributed by atoms with van der Waals surface area (Å²) in [5, 5.41) is 3.11. The summed E-state index contributed by atoms with van der Waals surface area (Å²) in [7, 11) is 0. The highest BCUT2D eigenvalue weighted by Crippen LogP contribution is 2.39. The molecule has 1 heterocycles. The van der Waals surface area contributed by atoms with Crippen LogP contribution in [0.1, 0.15) is 23.4 Å². The van der Waals surface area contributed by atoms with Gasteiger partial charge in [0, 0.05) is 17.4 Å². The van der Waals surface area contributed by atoms with E-state index in [1.807, 2.05) is 0 Å². The average molecular weight is 300 g/mol. The zero-order valence-electron chi connectivity index (χ0n) is 11.9. The van der Waals surface area contributed by atoms with Crippen LogP contribution >= 0.6 is 0 Å². The Morgan fingerprint density at radius 3 is 2.86 bits per heavy atom. The molecule has 2 aromatic rings. The normalized spacial score (nSPS) is 13.8. The third-order valence-corrected chi connectivity index (χ3v) is 3.45. The number of benzene rings is 1. The minimum Gasteiger partial charge on any atom is -0.489 e. The van der Waals surface area contributed by atoms with Crippen molar-refractivity contribution in [3.05, 3.63) is 36.6 Å². The first-order chi connectivity index (χ1) is 10.6. The van der Waals surface area contributed by atoms with Gasteiger partial charge in [-0.25, -0.2) is 4.79 Å². The smallest absolute Gasteiger partial charge is 0.316 e. The molecule has 0 unspecified atom stereocenters. The van der Waals surface area contributed by atoms with Gasteiger partial charge in [-0.1, -0.05) is 12.7 Å².